The lowest BCUT2D eigenvalue weighted by atomic mass is 10.1. The van der Waals surface area contributed by atoms with Crippen molar-refractivity contribution in [2.75, 3.05) is 21.3 Å². The maximum Gasteiger partial charge on any atom is 0.177 e. The third-order valence-corrected chi connectivity index (χ3v) is 3.51. The van der Waals surface area contributed by atoms with Crippen molar-refractivity contribution < 1.29 is 23.7 Å². The minimum absolute atomic E-state index is 0.0414. The van der Waals surface area contributed by atoms with Crippen molar-refractivity contribution in [1.82, 2.24) is 0 Å². The number of fused-ring (bicyclic) bond motifs is 1. The Bertz CT molecular complexity index is 802. The fourth-order valence-electron chi connectivity index (χ4n) is 2.37. The fraction of sp³-hybridized carbons (Fsp3) is 0.176. The zero-order chi connectivity index (χ0) is 15.7. The van der Waals surface area contributed by atoms with E-state index in [2.05, 4.69) is 0 Å². The van der Waals surface area contributed by atoms with Crippen LogP contribution in [0, 0.1) is 0 Å². The van der Waals surface area contributed by atoms with Crippen LogP contribution in [0.25, 0.3) is 22.3 Å². The summed E-state index contributed by atoms with van der Waals surface area (Å²) in [7, 11) is 4.70. The zero-order valence-corrected chi connectivity index (χ0v) is 12.5. The van der Waals surface area contributed by atoms with Gasteiger partial charge in [0, 0.05) is 17.7 Å². The second kappa shape index (κ2) is 5.52. The van der Waals surface area contributed by atoms with Gasteiger partial charge in [0.25, 0.3) is 0 Å². The maximum atomic E-state index is 10.5. The lowest BCUT2D eigenvalue weighted by Gasteiger charge is -2.04. The molecule has 5 heteroatoms. The molecule has 1 heterocycles. The summed E-state index contributed by atoms with van der Waals surface area (Å²) in [5.74, 6) is 2.25. The predicted molar refractivity (Wildman–Crippen MR) is 83.0 cm³/mol. The van der Waals surface area contributed by atoms with Gasteiger partial charge in [-0.25, -0.2) is 0 Å². The summed E-state index contributed by atoms with van der Waals surface area (Å²) in [6, 6.07) is 10.7. The number of methoxy groups -OCH3 is 3. The Kier molecular flexibility index (Phi) is 3.55. The molecular weight excluding hydrogens is 284 g/mol. The van der Waals surface area contributed by atoms with E-state index in [0.29, 0.717) is 28.2 Å². The van der Waals surface area contributed by atoms with Crippen LogP contribution in [0.3, 0.4) is 0 Å². The Labute approximate surface area is 127 Å². The number of ether oxygens (including phenoxy) is 3. The number of rotatable bonds is 4. The van der Waals surface area contributed by atoms with Crippen LogP contribution in [0.1, 0.15) is 0 Å². The Balaban J connectivity index is 2.20. The molecule has 2 aromatic carbocycles. The molecule has 22 heavy (non-hydrogen) atoms. The molecular formula is C17H16O5. The molecule has 0 amide bonds. The van der Waals surface area contributed by atoms with Crippen molar-refractivity contribution in [1.29, 1.82) is 0 Å². The number of hydrogen-bond donors (Lipinski definition) is 1. The predicted octanol–water partition coefficient (Wildman–Crippen LogP) is 3.83. The summed E-state index contributed by atoms with van der Waals surface area (Å²) in [6.45, 7) is 0. The van der Waals surface area contributed by atoms with Gasteiger partial charge < -0.3 is 23.7 Å². The van der Waals surface area contributed by atoms with E-state index in [4.69, 9.17) is 18.6 Å². The molecule has 0 radical (unpaired) electrons. The van der Waals surface area contributed by atoms with Gasteiger partial charge in [-0.05, 0) is 24.3 Å². The second-order valence-corrected chi connectivity index (χ2v) is 4.71. The molecule has 0 saturated carbocycles. The van der Waals surface area contributed by atoms with Crippen LogP contribution in [-0.4, -0.2) is 26.4 Å². The van der Waals surface area contributed by atoms with E-state index < -0.39 is 0 Å². The molecule has 0 spiro atoms. The lowest BCUT2D eigenvalue weighted by molar-refractivity contribution is 0.396. The molecule has 5 nitrogen and oxygen atoms in total. The molecule has 0 fully saturated rings. The normalized spacial score (nSPS) is 10.7. The highest BCUT2D eigenvalue weighted by Crippen LogP contribution is 2.45. The lowest BCUT2D eigenvalue weighted by Crippen LogP contribution is -1.87. The van der Waals surface area contributed by atoms with Gasteiger partial charge in [0.2, 0.25) is 0 Å². The molecule has 1 aromatic heterocycles. The Morgan fingerprint density at radius 2 is 1.55 bits per heavy atom. The van der Waals surface area contributed by atoms with Crippen LogP contribution in [0.2, 0.25) is 0 Å². The SMILES string of the molecule is COc1ccc(-c2oc3cc(OC)cc(OC)c3c2O)cc1. The fourth-order valence-corrected chi connectivity index (χ4v) is 2.37. The Hall–Kier alpha value is -2.82. The smallest absolute Gasteiger partial charge is 0.177 e. The van der Waals surface area contributed by atoms with Crippen LogP contribution >= 0.6 is 0 Å². The average Bonchev–Trinajstić information content (AvgIpc) is 2.91. The Morgan fingerprint density at radius 3 is 2.14 bits per heavy atom. The van der Waals surface area contributed by atoms with Gasteiger partial charge in [0.05, 0.1) is 21.3 Å². The first-order valence-electron chi connectivity index (χ1n) is 6.70. The van der Waals surface area contributed by atoms with Crippen LogP contribution in [-0.2, 0) is 0 Å². The van der Waals surface area contributed by atoms with E-state index in [1.165, 1.54) is 7.11 Å². The summed E-state index contributed by atoms with van der Waals surface area (Å²) in [4.78, 5) is 0. The quantitative estimate of drug-likeness (QED) is 0.793. The molecule has 0 atom stereocenters. The number of aromatic hydroxyl groups is 1. The molecule has 0 aliphatic rings. The topological polar surface area (TPSA) is 61.1 Å². The third-order valence-electron chi connectivity index (χ3n) is 3.51. The van der Waals surface area contributed by atoms with Gasteiger partial charge in [0.15, 0.2) is 11.5 Å². The summed E-state index contributed by atoms with van der Waals surface area (Å²) < 4.78 is 21.5. The van der Waals surface area contributed by atoms with Crippen LogP contribution in [0.4, 0.5) is 0 Å². The van der Waals surface area contributed by atoms with Crippen molar-refractivity contribution in [3.8, 4) is 34.3 Å². The van der Waals surface area contributed by atoms with Crippen LogP contribution in [0.5, 0.6) is 23.0 Å². The van der Waals surface area contributed by atoms with Gasteiger partial charge in [-0.15, -0.1) is 0 Å². The molecule has 0 aliphatic carbocycles. The van der Waals surface area contributed by atoms with Gasteiger partial charge >= 0.3 is 0 Å². The van der Waals surface area contributed by atoms with Crippen molar-refractivity contribution in [3.63, 3.8) is 0 Å². The van der Waals surface area contributed by atoms with Gasteiger partial charge in [0.1, 0.15) is 28.2 Å². The van der Waals surface area contributed by atoms with E-state index in [0.717, 1.165) is 11.3 Å². The van der Waals surface area contributed by atoms with E-state index in [1.807, 2.05) is 12.1 Å². The number of furan rings is 1. The summed E-state index contributed by atoms with van der Waals surface area (Å²) in [6.07, 6.45) is 0. The van der Waals surface area contributed by atoms with Crippen LogP contribution < -0.4 is 14.2 Å². The minimum Gasteiger partial charge on any atom is -0.504 e. The largest absolute Gasteiger partial charge is 0.504 e. The van der Waals surface area contributed by atoms with Gasteiger partial charge in [-0.2, -0.15) is 0 Å². The molecule has 114 valence electrons. The van der Waals surface area contributed by atoms with E-state index in [9.17, 15) is 5.11 Å². The standard InChI is InChI=1S/C17H16O5/c1-19-11-6-4-10(5-7-11)17-16(18)15-13(21-3)8-12(20-2)9-14(15)22-17/h4-9,18H,1-3H3. The molecule has 3 rings (SSSR count). The van der Waals surface area contributed by atoms with E-state index in [1.54, 1.807) is 38.5 Å². The molecule has 3 aromatic rings. The molecule has 0 bridgehead atoms. The maximum absolute atomic E-state index is 10.5. The van der Waals surface area contributed by atoms with Gasteiger partial charge in [-0.3, -0.25) is 0 Å². The zero-order valence-electron chi connectivity index (χ0n) is 12.5. The van der Waals surface area contributed by atoms with Crippen molar-refractivity contribution in [3.05, 3.63) is 36.4 Å². The highest BCUT2D eigenvalue weighted by atomic mass is 16.5. The van der Waals surface area contributed by atoms with Crippen molar-refractivity contribution >= 4 is 11.0 Å². The van der Waals surface area contributed by atoms with Crippen molar-refractivity contribution in [2.24, 2.45) is 0 Å². The Morgan fingerprint density at radius 1 is 0.864 bits per heavy atom. The molecule has 0 unspecified atom stereocenters. The molecule has 0 saturated heterocycles. The van der Waals surface area contributed by atoms with E-state index >= 15 is 0 Å². The second-order valence-electron chi connectivity index (χ2n) is 4.71. The van der Waals surface area contributed by atoms with E-state index in [-0.39, 0.29) is 5.75 Å². The molecule has 0 aliphatic heterocycles. The highest BCUT2D eigenvalue weighted by Gasteiger charge is 2.20. The molecule has 1 N–H and O–H groups in total. The third kappa shape index (κ3) is 2.20. The first-order chi connectivity index (χ1) is 10.7. The summed E-state index contributed by atoms with van der Waals surface area (Å²) in [5, 5.41) is 11.0. The minimum atomic E-state index is 0.0414. The number of hydrogen-bond acceptors (Lipinski definition) is 5. The first-order valence-corrected chi connectivity index (χ1v) is 6.70. The summed E-state index contributed by atoms with van der Waals surface area (Å²) in [5.41, 5.74) is 1.25. The first kappa shape index (κ1) is 14.1. The average molecular weight is 300 g/mol. The highest BCUT2D eigenvalue weighted by molar-refractivity contribution is 5.96. The van der Waals surface area contributed by atoms with Crippen molar-refractivity contribution in [2.45, 2.75) is 0 Å². The number of benzene rings is 2. The van der Waals surface area contributed by atoms with Gasteiger partial charge in [-0.1, -0.05) is 0 Å². The summed E-state index contributed by atoms with van der Waals surface area (Å²) >= 11 is 0. The van der Waals surface area contributed by atoms with Crippen LogP contribution in [0.15, 0.2) is 40.8 Å². The monoisotopic (exact) mass is 300 g/mol.